The van der Waals surface area contributed by atoms with Crippen LogP contribution in [-0.4, -0.2) is 25.0 Å². The number of hydrogen-bond donors (Lipinski definition) is 1. The molecule has 1 aromatic carbocycles. The van der Waals surface area contributed by atoms with E-state index in [0.29, 0.717) is 23.4 Å². The standard InChI is InChI=1S/C17H13ClF2N4OS/c18-10-1-2-11(19)15(16(10)20)9-5-13-12(22-17(26)24(13)7-9)6-14(25)23-4-3-21-8-23/h1-4,8-9H,5-7H2,(H,22,26)/t9-/m0/s1. The Hall–Kier alpha value is -2.32. The molecule has 0 unspecified atom stereocenters. The average Bonchev–Trinajstić information content (AvgIpc) is 3.31. The van der Waals surface area contributed by atoms with Gasteiger partial charge in [0.2, 0.25) is 5.91 Å². The smallest absolute Gasteiger partial charge is 0.237 e. The maximum absolute atomic E-state index is 14.4. The molecule has 2 aromatic heterocycles. The Kier molecular flexibility index (Phi) is 4.24. The first-order chi connectivity index (χ1) is 12.5. The topological polar surface area (TPSA) is 55.6 Å². The molecule has 0 saturated carbocycles. The lowest BCUT2D eigenvalue weighted by molar-refractivity contribution is 0.0912. The number of carbonyl (C=O) groups excluding carboxylic acids is 1. The van der Waals surface area contributed by atoms with Crippen LogP contribution in [-0.2, 0) is 19.4 Å². The Morgan fingerprint density at radius 2 is 2.23 bits per heavy atom. The average molecular weight is 395 g/mol. The Morgan fingerprint density at radius 1 is 1.42 bits per heavy atom. The van der Waals surface area contributed by atoms with Crippen molar-refractivity contribution in [3.8, 4) is 0 Å². The summed E-state index contributed by atoms with van der Waals surface area (Å²) in [5.74, 6) is -1.98. The molecular formula is C17H13ClF2N4OS. The third-order valence-corrected chi connectivity index (χ3v) is 5.24. The van der Waals surface area contributed by atoms with E-state index in [1.165, 1.54) is 29.2 Å². The number of halogens is 3. The van der Waals surface area contributed by atoms with Crippen LogP contribution in [0.25, 0.3) is 0 Å². The van der Waals surface area contributed by atoms with E-state index in [0.717, 1.165) is 5.69 Å². The zero-order chi connectivity index (χ0) is 18.4. The van der Waals surface area contributed by atoms with Crippen LogP contribution >= 0.6 is 23.8 Å². The molecule has 0 fully saturated rings. The molecule has 0 radical (unpaired) electrons. The Balaban J connectivity index is 1.65. The normalized spacial score (nSPS) is 16.0. The predicted octanol–water partition coefficient (Wildman–Crippen LogP) is 3.90. The molecule has 26 heavy (non-hydrogen) atoms. The molecule has 5 nitrogen and oxygen atoms in total. The van der Waals surface area contributed by atoms with Gasteiger partial charge in [-0.25, -0.2) is 13.8 Å². The van der Waals surface area contributed by atoms with Gasteiger partial charge < -0.3 is 9.55 Å². The van der Waals surface area contributed by atoms with Crippen molar-refractivity contribution in [1.82, 2.24) is 19.1 Å². The first-order valence-electron chi connectivity index (χ1n) is 7.90. The lowest BCUT2D eigenvalue weighted by Gasteiger charge is -2.13. The van der Waals surface area contributed by atoms with E-state index in [4.69, 9.17) is 23.8 Å². The van der Waals surface area contributed by atoms with Gasteiger partial charge in [0.1, 0.15) is 18.0 Å². The molecule has 1 aliphatic rings. The number of rotatable bonds is 3. The van der Waals surface area contributed by atoms with Crippen molar-refractivity contribution in [3.63, 3.8) is 0 Å². The number of carbonyl (C=O) groups is 1. The maximum atomic E-state index is 14.4. The summed E-state index contributed by atoms with van der Waals surface area (Å²) in [6.45, 7) is 0.331. The van der Waals surface area contributed by atoms with E-state index in [1.54, 1.807) is 10.8 Å². The van der Waals surface area contributed by atoms with Gasteiger partial charge in [-0.2, -0.15) is 0 Å². The van der Waals surface area contributed by atoms with Crippen molar-refractivity contribution < 1.29 is 13.6 Å². The molecule has 0 saturated heterocycles. The van der Waals surface area contributed by atoms with Crippen LogP contribution in [0.5, 0.6) is 0 Å². The van der Waals surface area contributed by atoms with Crippen LogP contribution in [0.15, 0.2) is 30.9 Å². The first kappa shape index (κ1) is 17.1. The van der Waals surface area contributed by atoms with Gasteiger partial charge in [0.15, 0.2) is 4.77 Å². The molecule has 3 heterocycles. The van der Waals surface area contributed by atoms with Crippen molar-refractivity contribution in [1.29, 1.82) is 0 Å². The highest BCUT2D eigenvalue weighted by Gasteiger charge is 2.32. The highest BCUT2D eigenvalue weighted by atomic mass is 35.5. The number of hydrogen-bond acceptors (Lipinski definition) is 3. The van der Waals surface area contributed by atoms with Crippen molar-refractivity contribution in [2.24, 2.45) is 0 Å². The zero-order valence-corrected chi connectivity index (χ0v) is 14.9. The van der Waals surface area contributed by atoms with Crippen molar-refractivity contribution >= 4 is 29.7 Å². The van der Waals surface area contributed by atoms with Crippen molar-refractivity contribution in [2.45, 2.75) is 25.3 Å². The fraction of sp³-hybridized carbons (Fsp3) is 0.235. The number of aromatic amines is 1. The summed E-state index contributed by atoms with van der Waals surface area (Å²) in [5.41, 5.74) is 1.40. The second-order valence-electron chi connectivity index (χ2n) is 6.16. The summed E-state index contributed by atoms with van der Waals surface area (Å²) in [7, 11) is 0. The highest BCUT2D eigenvalue weighted by molar-refractivity contribution is 7.71. The van der Waals surface area contributed by atoms with Gasteiger partial charge in [-0.15, -0.1) is 0 Å². The molecular weight excluding hydrogens is 382 g/mol. The van der Waals surface area contributed by atoms with Gasteiger partial charge in [0, 0.05) is 41.8 Å². The fourth-order valence-electron chi connectivity index (χ4n) is 3.40. The second-order valence-corrected chi connectivity index (χ2v) is 6.96. The minimum Gasteiger partial charge on any atom is -0.334 e. The lowest BCUT2D eigenvalue weighted by atomic mass is 9.95. The Labute approximate surface area is 157 Å². The van der Waals surface area contributed by atoms with Crippen LogP contribution in [0.1, 0.15) is 27.7 Å². The number of aromatic nitrogens is 4. The lowest BCUT2D eigenvalue weighted by Crippen LogP contribution is -2.13. The number of fused-ring (bicyclic) bond motifs is 1. The quantitative estimate of drug-likeness (QED) is 0.541. The number of benzene rings is 1. The molecule has 0 bridgehead atoms. The molecule has 0 aliphatic carbocycles. The number of H-pyrrole nitrogens is 1. The van der Waals surface area contributed by atoms with E-state index >= 15 is 0 Å². The van der Waals surface area contributed by atoms with Crippen molar-refractivity contribution in [2.75, 3.05) is 0 Å². The minimum atomic E-state index is -0.742. The first-order valence-corrected chi connectivity index (χ1v) is 8.69. The monoisotopic (exact) mass is 394 g/mol. The molecule has 0 spiro atoms. The Morgan fingerprint density at radius 3 is 2.96 bits per heavy atom. The van der Waals surface area contributed by atoms with Gasteiger partial charge in [0.05, 0.1) is 11.4 Å². The molecule has 0 amide bonds. The molecule has 9 heteroatoms. The van der Waals surface area contributed by atoms with Crippen LogP contribution < -0.4 is 0 Å². The van der Waals surface area contributed by atoms with E-state index in [2.05, 4.69) is 9.97 Å². The summed E-state index contributed by atoms with van der Waals surface area (Å²) in [6, 6.07) is 2.37. The summed E-state index contributed by atoms with van der Waals surface area (Å²) in [6.07, 6.45) is 4.97. The van der Waals surface area contributed by atoms with Crippen LogP contribution in [0.4, 0.5) is 8.78 Å². The van der Waals surface area contributed by atoms with E-state index in [9.17, 15) is 13.6 Å². The molecule has 3 aromatic rings. The van der Waals surface area contributed by atoms with Crippen LogP contribution in [0.3, 0.4) is 0 Å². The van der Waals surface area contributed by atoms with Crippen LogP contribution in [0.2, 0.25) is 5.02 Å². The SMILES string of the molecule is O=C(Cc1[nH]c(=S)n2c1C[C@H](c1c(F)ccc(Cl)c1F)C2)n1ccnc1. The molecule has 4 rings (SSSR count). The second kappa shape index (κ2) is 6.44. The third-order valence-electron chi connectivity index (χ3n) is 4.63. The molecule has 1 atom stereocenters. The summed E-state index contributed by atoms with van der Waals surface area (Å²) >= 11 is 11.1. The Bertz CT molecular complexity index is 1060. The van der Waals surface area contributed by atoms with Crippen molar-refractivity contribution in [3.05, 3.63) is 69.2 Å². The summed E-state index contributed by atoms with van der Waals surface area (Å²) in [4.78, 5) is 19.2. The van der Waals surface area contributed by atoms with Gasteiger partial charge >= 0.3 is 0 Å². The number of nitrogens with zero attached hydrogens (tertiary/aromatic N) is 3. The summed E-state index contributed by atoms with van der Waals surface area (Å²) < 4.78 is 32.2. The largest absolute Gasteiger partial charge is 0.334 e. The third kappa shape index (κ3) is 2.79. The summed E-state index contributed by atoms with van der Waals surface area (Å²) in [5, 5.41) is -0.112. The highest BCUT2D eigenvalue weighted by Crippen LogP contribution is 2.36. The molecule has 1 aliphatic heterocycles. The van der Waals surface area contributed by atoms with E-state index < -0.39 is 17.6 Å². The minimum absolute atomic E-state index is 0.0394. The van der Waals surface area contributed by atoms with E-state index in [-0.39, 0.29) is 22.9 Å². The van der Waals surface area contributed by atoms with Gasteiger partial charge in [-0.1, -0.05) is 11.6 Å². The molecule has 134 valence electrons. The van der Waals surface area contributed by atoms with Crippen LogP contribution in [0, 0.1) is 16.4 Å². The molecule has 1 N–H and O–H groups in total. The van der Waals surface area contributed by atoms with E-state index in [1.807, 2.05) is 0 Å². The number of nitrogens with one attached hydrogen (secondary N) is 1. The zero-order valence-electron chi connectivity index (χ0n) is 13.4. The van der Waals surface area contributed by atoms with Gasteiger partial charge in [-0.05, 0) is 30.8 Å². The number of imidazole rings is 2. The van der Waals surface area contributed by atoms with Gasteiger partial charge in [-0.3, -0.25) is 9.36 Å². The van der Waals surface area contributed by atoms with Gasteiger partial charge in [0.25, 0.3) is 0 Å². The predicted molar refractivity (Wildman–Crippen MR) is 94.0 cm³/mol. The fourth-order valence-corrected chi connectivity index (χ4v) is 3.88. The maximum Gasteiger partial charge on any atom is 0.237 e.